The highest BCUT2D eigenvalue weighted by atomic mass is 16.5. The van der Waals surface area contributed by atoms with Crippen LogP contribution in [0.3, 0.4) is 0 Å². The molecule has 3 heteroatoms. The lowest BCUT2D eigenvalue weighted by atomic mass is 10.2. The van der Waals surface area contributed by atoms with Crippen molar-refractivity contribution in [2.24, 2.45) is 5.73 Å². The van der Waals surface area contributed by atoms with E-state index in [1.54, 1.807) is 0 Å². The van der Waals surface area contributed by atoms with E-state index in [0.29, 0.717) is 0 Å². The van der Waals surface area contributed by atoms with Crippen molar-refractivity contribution in [2.75, 3.05) is 19.7 Å². The van der Waals surface area contributed by atoms with Gasteiger partial charge < -0.3 is 10.5 Å². The van der Waals surface area contributed by atoms with E-state index in [0.717, 1.165) is 26.2 Å². The zero-order valence-electron chi connectivity index (χ0n) is 9.80. The molecule has 0 saturated carbocycles. The second-order valence-corrected chi connectivity index (χ2v) is 4.34. The standard InChI is InChI=1S/C13H20N2O/c1-2-16-13-10-15(9-12(13)14)8-11-6-4-3-5-7-11/h3-7,12-13H,2,8-10,14H2,1H3. The van der Waals surface area contributed by atoms with E-state index >= 15 is 0 Å². The molecule has 2 atom stereocenters. The third-order valence-electron chi connectivity index (χ3n) is 3.01. The van der Waals surface area contributed by atoms with Gasteiger partial charge in [0.25, 0.3) is 0 Å². The maximum Gasteiger partial charge on any atom is 0.0864 e. The van der Waals surface area contributed by atoms with Gasteiger partial charge in [0.2, 0.25) is 0 Å². The van der Waals surface area contributed by atoms with Crippen LogP contribution >= 0.6 is 0 Å². The quantitative estimate of drug-likeness (QED) is 0.829. The topological polar surface area (TPSA) is 38.5 Å². The number of benzene rings is 1. The van der Waals surface area contributed by atoms with E-state index in [4.69, 9.17) is 10.5 Å². The fraction of sp³-hybridized carbons (Fsp3) is 0.538. The first-order valence-electron chi connectivity index (χ1n) is 5.93. The summed E-state index contributed by atoms with van der Waals surface area (Å²) in [6.45, 7) is 5.62. The first kappa shape index (κ1) is 11.6. The van der Waals surface area contributed by atoms with Crippen LogP contribution in [0.25, 0.3) is 0 Å². The SMILES string of the molecule is CCOC1CN(Cc2ccccc2)CC1N. The summed E-state index contributed by atoms with van der Waals surface area (Å²) >= 11 is 0. The zero-order valence-corrected chi connectivity index (χ0v) is 9.80. The predicted molar refractivity (Wildman–Crippen MR) is 65.1 cm³/mol. The van der Waals surface area contributed by atoms with Crippen molar-refractivity contribution in [3.63, 3.8) is 0 Å². The summed E-state index contributed by atoms with van der Waals surface area (Å²) in [5.74, 6) is 0. The Kier molecular flexibility index (Phi) is 3.93. The Balaban J connectivity index is 1.89. The molecule has 0 radical (unpaired) electrons. The van der Waals surface area contributed by atoms with Gasteiger partial charge in [0, 0.05) is 32.3 Å². The van der Waals surface area contributed by atoms with Crippen LogP contribution in [0, 0.1) is 0 Å². The van der Waals surface area contributed by atoms with Gasteiger partial charge >= 0.3 is 0 Å². The van der Waals surface area contributed by atoms with Crippen molar-refractivity contribution in [3.8, 4) is 0 Å². The maximum absolute atomic E-state index is 6.04. The molecule has 1 saturated heterocycles. The molecule has 2 unspecified atom stereocenters. The van der Waals surface area contributed by atoms with Gasteiger partial charge in [-0.15, -0.1) is 0 Å². The molecular formula is C13H20N2O. The first-order chi connectivity index (χ1) is 7.79. The Bertz CT molecular complexity index is 315. The second-order valence-electron chi connectivity index (χ2n) is 4.34. The third kappa shape index (κ3) is 2.82. The third-order valence-corrected chi connectivity index (χ3v) is 3.01. The number of hydrogen-bond acceptors (Lipinski definition) is 3. The van der Waals surface area contributed by atoms with E-state index in [-0.39, 0.29) is 12.1 Å². The molecule has 1 fully saturated rings. The Hall–Kier alpha value is -0.900. The van der Waals surface area contributed by atoms with Crippen molar-refractivity contribution in [1.29, 1.82) is 0 Å². The lowest BCUT2D eigenvalue weighted by Gasteiger charge is -2.15. The molecule has 1 aliphatic rings. The lowest BCUT2D eigenvalue weighted by Crippen LogP contribution is -2.35. The van der Waals surface area contributed by atoms with E-state index in [1.807, 2.05) is 13.0 Å². The van der Waals surface area contributed by atoms with Gasteiger partial charge in [-0.1, -0.05) is 30.3 Å². The van der Waals surface area contributed by atoms with Crippen molar-refractivity contribution in [3.05, 3.63) is 35.9 Å². The molecule has 1 aromatic rings. The van der Waals surface area contributed by atoms with Crippen molar-refractivity contribution in [1.82, 2.24) is 4.90 Å². The van der Waals surface area contributed by atoms with Crippen molar-refractivity contribution in [2.45, 2.75) is 25.6 Å². The molecule has 0 aliphatic carbocycles. The van der Waals surface area contributed by atoms with Crippen molar-refractivity contribution >= 4 is 0 Å². The molecule has 0 amide bonds. The second kappa shape index (κ2) is 5.43. The molecule has 16 heavy (non-hydrogen) atoms. The summed E-state index contributed by atoms with van der Waals surface area (Å²) in [5.41, 5.74) is 7.38. The summed E-state index contributed by atoms with van der Waals surface area (Å²) in [6.07, 6.45) is 0.203. The smallest absolute Gasteiger partial charge is 0.0864 e. The number of hydrogen-bond donors (Lipinski definition) is 1. The van der Waals surface area contributed by atoms with Crippen LogP contribution < -0.4 is 5.73 Å². The fourth-order valence-corrected chi connectivity index (χ4v) is 2.24. The van der Waals surface area contributed by atoms with Crippen LogP contribution in [0.4, 0.5) is 0 Å². The predicted octanol–water partition coefficient (Wildman–Crippen LogP) is 1.23. The first-order valence-corrected chi connectivity index (χ1v) is 5.93. The molecule has 0 bridgehead atoms. The van der Waals surface area contributed by atoms with E-state index in [2.05, 4.69) is 29.2 Å². The molecule has 1 heterocycles. The van der Waals surface area contributed by atoms with Crippen molar-refractivity contribution < 1.29 is 4.74 Å². The summed E-state index contributed by atoms with van der Waals surface area (Å²) in [7, 11) is 0. The number of nitrogens with zero attached hydrogens (tertiary/aromatic N) is 1. The highest BCUT2D eigenvalue weighted by molar-refractivity contribution is 5.14. The fourth-order valence-electron chi connectivity index (χ4n) is 2.24. The summed E-state index contributed by atoms with van der Waals surface area (Å²) in [5, 5.41) is 0. The molecule has 1 aromatic carbocycles. The number of rotatable bonds is 4. The van der Waals surface area contributed by atoms with Crippen LogP contribution in [0.5, 0.6) is 0 Å². The van der Waals surface area contributed by atoms with E-state index < -0.39 is 0 Å². The van der Waals surface area contributed by atoms with Gasteiger partial charge in [-0.2, -0.15) is 0 Å². The van der Waals surface area contributed by atoms with Crippen LogP contribution in [-0.4, -0.2) is 36.7 Å². The minimum absolute atomic E-state index is 0.156. The average Bonchev–Trinajstić information content (AvgIpc) is 2.61. The highest BCUT2D eigenvalue weighted by Crippen LogP contribution is 2.15. The zero-order chi connectivity index (χ0) is 11.4. The van der Waals surface area contributed by atoms with Crippen LogP contribution in [0.1, 0.15) is 12.5 Å². The average molecular weight is 220 g/mol. The van der Waals surface area contributed by atoms with Gasteiger partial charge in [-0.25, -0.2) is 0 Å². The Morgan fingerprint density at radius 1 is 1.31 bits per heavy atom. The Morgan fingerprint density at radius 2 is 2.06 bits per heavy atom. The molecular weight excluding hydrogens is 200 g/mol. The molecule has 2 N–H and O–H groups in total. The van der Waals surface area contributed by atoms with Gasteiger partial charge in [0.05, 0.1) is 6.10 Å². The van der Waals surface area contributed by atoms with Gasteiger partial charge in [-0.3, -0.25) is 4.90 Å². The maximum atomic E-state index is 6.04. The van der Waals surface area contributed by atoms with Crippen LogP contribution in [0.15, 0.2) is 30.3 Å². The summed E-state index contributed by atoms with van der Waals surface area (Å²) in [6, 6.07) is 10.7. The Labute approximate surface area is 97.2 Å². The van der Waals surface area contributed by atoms with Gasteiger partial charge in [0.15, 0.2) is 0 Å². The van der Waals surface area contributed by atoms with E-state index in [1.165, 1.54) is 5.56 Å². The molecule has 0 spiro atoms. The monoisotopic (exact) mass is 220 g/mol. The lowest BCUT2D eigenvalue weighted by molar-refractivity contribution is 0.0599. The summed E-state index contributed by atoms with van der Waals surface area (Å²) < 4.78 is 5.62. The number of nitrogens with two attached hydrogens (primary N) is 1. The number of likely N-dealkylation sites (tertiary alicyclic amines) is 1. The summed E-state index contributed by atoms with van der Waals surface area (Å²) in [4.78, 5) is 2.36. The normalized spacial score (nSPS) is 26.1. The minimum Gasteiger partial charge on any atom is -0.376 e. The number of ether oxygens (including phenoxy) is 1. The van der Waals surface area contributed by atoms with Crippen LogP contribution in [-0.2, 0) is 11.3 Å². The Morgan fingerprint density at radius 3 is 2.75 bits per heavy atom. The molecule has 2 rings (SSSR count). The molecule has 3 nitrogen and oxygen atoms in total. The largest absolute Gasteiger partial charge is 0.376 e. The minimum atomic E-state index is 0.156. The van der Waals surface area contributed by atoms with Gasteiger partial charge in [-0.05, 0) is 12.5 Å². The highest BCUT2D eigenvalue weighted by Gasteiger charge is 2.30. The van der Waals surface area contributed by atoms with Crippen LogP contribution in [0.2, 0.25) is 0 Å². The van der Waals surface area contributed by atoms with E-state index in [9.17, 15) is 0 Å². The molecule has 1 aliphatic heterocycles. The molecule has 0 aromatic heterocycles. The molecule has 88 valence electrons. The van der Waals surface area contributed by atoms with Gasteiger partial charge in [0.1, 0.15) is 0 Å².